The zero-order valence-corrected chi connectivity index (χ0v) is 20.0. The molecule has 4 aromatic rings. The van der Waals surface area contributed by atoms with Crippen LogP contribution in [0.25, 0.3) is 16.6 Å². The number of nitrogens with two attached hydrogens (primary N) is 2. The van der Waals surface area contributed by atoms with E-state index in [2.05, 4.69) is 20.1 Å². The molecule has 0 radical (unpaired) electrons. The lowest BCUT2D eigenvalue weighted by Gasteiger charge is -2.18. The van der Waals surface area contributed by atoms with Gasteiger partial charge in [0.2, 0.25) is 0 Å². The number of amidine groups is 1. The quantitative estimate of drug-likeness (QED) is 0.222. The van der Waals surface area contributed by atoms with Crippen molar-refractivity contribution in [1.29, 1.82) is 0 Å². The molecule has 2 heterocycles. The second-order valence-corrected chi connectivity index (χ2v) is 9.17. The van der Waals surface area contributed by atoms with Crippen LogP contribution in [0.4, 0.5) is 20.2 Å². The van der Waals surface area contributed by atoms with Crippen LogP contribution in [0.3, 0.4) is 0 Å². The molecule has 36 heavy (non-hydrogen) atoms. The van der Waals surface area contributed by atoms with E-state index in [-0.39, 0.29) is 23.7 Å². The molecule has 2 aromatic carbocycles. The summed E-state index contributed by atoms with van der Waals surface area (Å²) in [5, 5.41) is 8.64. The largest absolute Gasteiger partial charge is 0.435 e. The predicted molar refractivity (Wildman–Crippen MR) is 138 cm³/mol. The highest BCUT2D eigenvalue weighted by molar-refractivity contribution is 6.33. The van der Waals surface area contributed by atoms with Crippen LogP contribution in [0.1, 0.15) is 24.8 Å². The lowest BCUT2D eigenvalue weighted by Crippen LogP contribution is -2.24. The van der Waals surface area contributed by atoms with Crippen molar-refractivity contribution in [3.05, 3.63) is 77.6 Å². The number of ether oxygens (including phenoxy) is 1. The summed E-state index contributed by atoms with van der Waals surface area (Å²) >= 11 is 6.29. The van der Waals surface area contributed by atoms with Gasteiger partial charge in [-0.2, -0.15) is 13.9 Å². The number of rotatable bonds is 7. The van der Waals surface area contributed by atoms with Crippen molar-refractivity contribution in [3.8, 4) is 16.9 Å². The Morgan fingerprint density at radius 2 is 1.97 bits per heavy atom. The highest BCUT2D eigenvalue weighted by Gasteiger charge is 2.24. The van der Waals surface area contributed by atoms with Gasteiger partial charge in [-0.05, 0) is 55.2 Å². The number of nitrogens with zero attached hydrogens (tertiary/aromatic N) is 3. The lowest BCUT2D eigenvalue weighted by molar-refractivity contribution is -0.0498. The summed E-state index contributed by atoms with van der Waals surface area (Å²) in [7, 11) is 0. The minimum Gasteiger partial charge on any atom is -0.435 e. The number of para-hydroxylation sites is 1. The maximum atomic E-state index is 12.7. The van der Waals surface area contributed by atoms with Gasteiger partial charge in [-0.25, -0.2) is 9.51 Å². The fraction of sp³-hybridized carbons (Fsp3) is 0.231. The van der Waals surface area contributed by atoms with Crippen LogP contribution in [0.2, 0.25) is 5.02 Å². The van der Waals surface area contributed by atoms with Crippen LogP contribution in [-0.4, -0.2) is 34.1 Å². The number of benzene rings is 2. The molecule has 7 nitrogen and oxygen atoms in total. The van der Waals surface area contributed by atoms with E-state index < -0.39 is 6.61 Å². The van der Waals surface area contributed by atoms with Gasteiger partial charge in [-0.3, -0.25) is 0 Å². The number of aliphatic imine (C=N–C) groups is 1. The van der Waals surface area contributed by atoms with E-state index in [4.69, 9.17) is 23.1 Å². The molecule has 0 saturated heterocycles. The molecule has 1 fully saturated rings. The second-order valence-electron chi connectivity index (χ2n) is 8.76. The SMILES string of the molecule is NC(=Nc1ccccc1Cl)c1cnn2cc(-c3cccc(OC(F)F)c3)cc2c1N[C@@H]1CC[C@H](N)C1. The van der Waals surface area contributed by atoms with Crippen molar-refractivity contribution in [2.75, 3.05) is 5.32 Å². The molecule has 0 amide bonds. The Kier molecular flexibility index (Phi) is 6.75. The molecule has 0 bridgehead atoms. The normalized spacial score (nSPS) is 18.2. The molecule has 0 unspecified atom stereocenters. The Bertz CT molecular complexity index is 1420. The van der Waals surface area contributed by atoms with Crippen molar-refractivity contribution in [2.24, 2.45) is 16.5 Å². The monoisotopic (exact) mass is 510 g/mol. The van der Waals surface area contributed by atoms with Crippen molar-refractivity contribution >= 4 is 34.3 Å². The van der Waals surface area contributed by atoms with Crippen LogP contribution in [0.5, 0.6) is 5.75 Å². The number of halogens is 3. The standard InChI is InChI=1S/C26H25ClF2N6O/c27-21-6-1-2-7-22(21)34-25(31)20-13-32-35-14-16(15-4-3-5-19(10-15)36-26(28)29)11-23(35)24(20)33-18-9-8-17(30)12-18/h1-7,10-11,13-14,17-18,26,33H,8-9,12,30H2,(H2,31,34)/t17-,18+/m0/s1. The van der Waals surface area contributed by atoms with Gasteiger partial charge in [0.1, 0.15) is 11.6 Å². The third kappa shape index (κ3) is 5.12. The number of nitrogens with one attached hydrogen (secondary N) is 1. The van der Waals surface area contributed by atoms with E-state index in [9.17, 15) is 8.78 Å². The molecule has 5 rings (SSSR count). The highest BCUT2D eigenvalue weighted by atomic mass is 35.5. The molecule has 186 valence electrons. The lowest BCUT2D eigenvalue weighted by atomic mass is 10.1. The third-order valence-corrected chi connectivity index (χ3v) is 6.54. The van der Waals surface area contributed by atoms with E-state index in [1.165, 1.54) is 6.07 Å². The summed E-state index contributed by atoms with van der Waals surface area (Å²) in [6.07, 6.45) is 6.17. The first kappa shape index (κ1) is 24.0. The van der Waals surface area contributed by atoms with Gasteiger partial charge in [0.25, 0.3) is 0 Å². The molecular weight excluding hydrogens is 486 g/mol. The minimum absolute atomic E-state index is 0.0841. The number of hydrogen-bond donors (Lipinski definition) is 3. The van der Waals surface area contributed by atoms with E-state index in [0.717, 1.165) is 36.0 Å². The highest BCUT2D eigenvalue weighted by Crippen LogP contribution is 2.33. The molecule has 1 saturated carbocycles. The van der Waals surface area contributed by atoms with Gasteiger partial charge < -0.3 is 21.5 Å². The Morgan fingerprint density at radius 1 is 1.14 bits per heavy atom. The second kappa shape index (κ2) is 10.1. The van der Waals surface area contributed by atoms with Gasteiger partial charge >= 0.3 is 6.61 Å². The first-order valence-corrected chi connectivity index (χ1v) is 11.9. The molecule has 0 spiro atoms. The maximum Gasteiger partial charge on any atom is 0.387 e. The topological polar surface area (TPSA) is 103 Å². The zero-order chi connectivity index (χ0) is 25.2. The fourth-order valence-electron chi connectivity index (χ4n) is 4.50. The Hall–Kier alpha value is -3.69. The van der Waals surface area contributed by atoms with Crippen molar-refractivity contribution in [2.45, 2.75) is 38.0 Å². The number of anilines is 1. The van der Waals surface area contributed by atoms with E-state index in [1.807, 2.05) is 30.5 Å². The Labute approximate surface area is 211 Å². The first-order valence-electron chi connectivity index (χ1n) is 11.5. The number of hydrogen-bond acceptors (Lipinski definition) is 5. The molecule has 1 aliphatic rings. The molecule has 2 atom stereocenters. The summed E-state index contributed by atoms with van der Waals surface area (Å²) in [5.41, 5.74) is 16.8. The van der Waals surface area contributed by atoms with Gasteiger partial charge in [0.15, 0.2) is 0 Å². The zero-order valence-electron chi connectivity index (χ0n) is 19.2. The molecule has 10 heteroatoms. The Morgan fingerprint density at radius 3 is 2.72 bits per heavy atom. The van der Waals surface area contributed by atoms with E-state index >= 15 is 0 Å². The Balaban J connectivity index is 1.59. The summed E-state index contributed by atoms with van der Waals surface area (Å²) in [6.45, 7) is -2.90. The first-order chi connectivity index (χ1) is 17.4. The van der Waals surface area contributed by atoms with Crippen molar-refractivity contribution < 1.29 is 13.5 Å². The van der Waals surface area contributed by atoms with E-state index in [0.29, 0.717) is 21.8 Å². The van der Waals surface area contributed by atoms with E-state index in [1.54, 1.807) is 35.0 Å². The molecule has 1 aliphatic carbocycles. The van der Waals surface area contributed by atoms with Gasteiger partial charge in [0.05, 0.1) is 33.7 Å². The molecule has 0 aliphatic heterocycles. The third-order valence-electron chi connectivity index (χ3n) is 6.22. The van der Waals surface area contributed by atoms with Crippen molar-refractivity contribution in [3.63, 3.8) is 0 Å². The maximum absolute atomic E-state index is 12.7. The van der Waals surface area contributed by atoms with Crippen LogP contribution in [0, 0.1) is 0 Å². The average Bonchev–Trinajstić information content (AvgIpc) is 3.47. The summed E-state index contributed by atoms with van der Waals surface area (Å²) in [4.78, 5) is 4.55. The van der Waals surface area contributed by atoms with Gasteiger partial charge in [-0.1, -0.05) is 35.9 Å². The molecule has 5 N–H and O–H groups in total. The summed E-state index contributed by atoms with van der Waals surface area (Å²) in [5.74, 6) is 0.346. The van der Waals surface area contributed by atoms with Crippen LogP contribution < -0.4 is 21.5 Å². The predicted octanol–water partition coefficient (Wildman–Crippen LogP) is 5.58. The van der Waals surface area contributed by atoms with Crippen LogP contribution in [-0.2, 0) is 0 Å². The van der Waals surface area contributed by atoms with Crippen LogP contribution in [0.15, 0.2) is 72.0 Å². The number of fused-ring (bicyclic) bond motifs is 1. The van der Waals surface area contributed by atoms with Gasteiger partial charge in [-0.15, -0.1) is 0 Å². The van der Waals surface area contributed by atoms with Gasteiger partial charge in [0, 0.05) is 23.8 Å². The fourth-order valence-corrected chi connectivity index (χ4v) is 4.67. The summed E-state index contributed by atoms with van der Waals surface area (Å²) < 4.78 is 31.7. The molecular formula is C26H25ClF2N6O. The number of aromatic nitrogens is 2. The van der Waals surface area contributed by atoms with Crippen molar-refractivity contribution in [1.82, 2.24) is 9.61 Å². The number of alkyl halides is 2. The minimum atomic E-state index is -2.90. The smallest absolute Gasteiger partial charge is 0.387 e. The molecule has 2 aromatic heterocycles. The van der Waals surface area contributed by atoms with Crippen LogP contribution >= 0.6 is 11.6 Å². The average molecular weight is 511 g/mol. The summed E-state index contributed by atoms with van der Waals surface area (Å²) in [6, 6.07) is 16.0.